The van der Waals surface area contributed by atoms with Crippen LogP contribution in [0.1, 0.15) is 59.8 Å². The van der Waals surface area contributed by atoms with Gasteiger partial charge < -0.3 is 0 Å². The molecule has 72 valence electrons. The molecule has 0 saturated heterocycles. The molecule has 0 unspecified atom stereocenters. The molecule has 0 aliphatic carbocycles. The Hall–Kier alpha value is -0.260. The predicted octanol–water partition coefficient (Wildman–Crippen LogP) is 4.56. The summed E-state index contributed by atoms with van der Waals surface area (Å²) in [5.41, 5.74) is 1.96. The van der Waals surface area contributed by atoms with E-state index in [9.17, 15) is 0 Å². The molecule has 0 aromatic carbocycles. The van der Waals surface area contributed by atoms with Crippen LogP contribution in [0.4, 0.5) is 0 Å². The average Bonchev–Trinajstić information content (AvgIpc) is 2.13. The van der Waals surface area contributed by atoms with E-state index in [1.165, 1.54) is 31.3 Å². The lowest BCUT2D eigenvalue weighted by molar-refractivity contribution is 0.272. The van der Waals surface area contributed by atoms with Gasteiger partial charge in [-0.2, -0.15) is 0 Å². The summed E-state index contributed by atoms with van der Waals surface area (Å²) >= 11 is 0. The first-order valence-corrected chi connectivity index (χ1v) is 5.24. The monoisotopic (exact) mass is 168 g/mol. The van der Waals surface area contributed by atoms with E-state index in [-0.39, 0.29) is 0 Å². The van der Waals surface area contributed by atoms with Crippen LogP contribution in [0.3, 0.4) is 0 Å². The van der Waals surface area contributed by atoms with E-state index in [2.05, 4.69) is 34.3 Å². The van der Waals surface area contributed by atoms with E-state index >= 15 is 0 Å². The molecule has 0 radical (unpaired) electrons. The molecule has 0 heterocycles. The van der Waals surface area contributed by atoms with Crippen molar-refractivity contribution in [3.63, 3.8) is 0 Å². The van der Waals surface area contributed by atoms with Gasteiger partial charge in [-0.15, -0.1) is 0 Å². The number of allylic oxidation sites excluding steroid dienone is 1. The highest BCUT2D eigenvalue weighted by Crippen LogP contribution is 2.32. The van der Waals surface area contributed by atoms with Gasteiger partial charge >= 0.3 is 0 Å². The fourth-order valence-corrected chi connectivity index (χ4v) is 1.26. The Balaban J connectivity index is 3.80. The third-order valence-corrected chi connectivity index (χ3v) is 3.29. The maximum absolute atomic E-state index is 4.04. The molecule has 0 heteroatoms. The van der Waals surface area contributed by atoms with Gasteiger partial charge in [-0.3, -0.25) is 0 Å². The lowest BCUT2D eigenvalue weighted by Crippen LogP contribution is -2.13. The van der Waals surface area contributed by atoms with Crippen molar-refractivity contribution in [1.82, 2.24) is 0 Å². The lowest BCUT2D eigenvalue weighted by Gasteiger charge is -2.26. The lowest BCUT2D eigenvalue weighted by atomic mass is 9.79. The number of hydrogen-bond acceptors (Lipinski definition) is 0. The first kappa shape index (κ1) is 11.7. The van der Waals surface area contributed by atoms with Gasteiger partial charge in [0.05, 0.1) is 0 Å². The first-order chi connectivity index (χ1) is 5.58. The second-order valence-corrected chi connectivity index (χ2v) is 4.12. The van der Waals surface area contributed by atoms with E-state index in [4.69, 9.17) is 0 Å². The summed E-state index contributed by atoms with van der Waals surface area (Å²) in [6, 6.07) is 0. The summed E-state index contributed by atoms with van der Waals surface area (Å²) in [5, 5.41) is 0. The van der Waals surface area contributed by atoms with Crippen molar-refractivity contribution in [3.05, 3.63) is 12.2 Å². The molecule has 0 saturated carbocycles. The Morgan fingerprint density at radius 3 is 2.00 bits per heavy atom. The number of rotatable bonds is 6. The van der Waals surface area contributed by atoms with E-state index in [0.717, 1.165) is 6.42 Å². The summed E-state index contributed by atoms with van der Waals surface area (Å²) in [6.45, 7) is 13.2. The van der Waals surface area contributed by atoms with Gasteiger partial charge in [-0.1, -0.05) is 52.7 Å². The zero-order valence-corrected chi connectivity index (χ0v) is 9.24. The van der Waals surface area contributed by atoms with Crippen LogP contribution in [0.25, 0.3) is 0 Å². The summed E-state index contributed by atoms with van der Waals surface area (Å²) in [6.07, 6.45) is 6.26. The Labute approximate surface area is 78.1 Å². The van der Waals surface area contributed by atoms with Crippen molar-refractivity contribution in [2.24, 2.45) is 5.41 Å². The summed E-state index contributed by atoms with van der Waals surface area (Å²) in [5.74, 6) is 0. The third-order valence-electron chi connectivity index (χ3n) is 3.29. The first-order valence-electron chi connectivity index (χ1n) is 5.24. The average molecular weight is 168 g/mol. The van der Waals surface area contributed by atoms with E-state index in [0.29, 0.717) is 5.41 Å². The molecule has 12 heavy (non-hydrogen) atoms. The molecule has 0 aliphatic heterocycles. The van der Waals surface area contributed by atoms with Crippen LogP contribution in [0.2, 0.25) is 0 Å². The Morgan fingerprint density at radius 2 is 1.67 bits per heavy atom. The normalized spacial score (nSPS) is 11.7. The maximum atomic E-state index is 4.04. The van der Waals surface area contributed by atoms with Crippen molar-refractivity contribution in [1.29, 1.82) is 0 Å². The van der Waals surface area contributed by atoms with Gasteiger partial charge in [0.15, 0.2) is 0 Å². The maximum Gasteiger partial charge on any atom is -0.0318 e. The molecule has 0 rings (SSSR count). The highest BCUT2D eigenvalue weighted by molar-refractivity contribution is 4.93. The van der Waals surface area contributed by atoms with Gasteiger partial charge in [-0.05, 0) is 24.7 Å². The topological polar surface area (TPSA) is 0 Å². The van der Waals surface area contributed by atoms with E-state index in [1.54, 1.807) is 0 Å². The van der Waals surface area contributed by atoms with Crippen molar-refractivity contribution in [2.75, 3.05) is 0 Å². The minimum absolute atomic E-state index is 0.554. The van der Waals surface area contributed by atoms with Crippen LogP contribution in [0.5, 0.6) is 0 Å². The van der Waals surface area contributed by atoms with Gasteiger partial charge in [-0.25, -0.2) is 0 Å². The molecule has 0 N–H and O–H groups in total. The molecular weight excluding hydrogens is 144 g/mol. The van der Waals surface area contributed by atoms with Crippen LogP contribution < -0.4 is 0 Å². The van der Waals surface area contributed by atoms with Crippen molar-refractivity contribution >= 4 is 0 Å². The smallest absolute Gasteiger partial charge is 0.0318 e. The van der Waals surface area contributed by atoms with Crippen LogP contribution in [-0.4, -0.2) is 0 Å². The van der Waals surface area contributed by atoms with E-state index in [1.807, 2.05) is 0 Å². The molecular formula is C12H24. The second kappa shape index (κ2) is 5.40. The molecule has 0 spiro atoms. The predicted molar refractivity (Wildman–Crippen MR) is 57.4 cm³/mol. The van der Waals surface area contributed by atoms with Crippen LogP contribution in [0.15, 0.2) is 12.2 Å². The zero-order chi connectivity index (χ0) is 9.61. The van der Waals surface area contributed by atoms with Crippen molar-refractivity contribution in [2.45, 2.75) is 59.8 Å². The van der Waals surface area contributed by atoms with Gasteiger partial charge in [0.2, 0.25) is 0 Å². The summed E-state index contributed by atoms with van der Waals surface area (Å²) in [4.78, 5) is 0. The standard InChI is InChI=1S/C12H24/c1-6-11(4)9-10-12(5,7-2)8-3/h4,6-10H2,1-3,5H3. The molecule has 0 nitrogen and oxygen atoms in total. The quantitative estimate of drug-likeness (QED) is 0.510. The van der Waals surface area contributed by atoms with E-state index < -0.39 is 0 Å². The summed E-state index contributed by atoms with van der Waals surface area (Å²) in [7, 11) is 0. The van der Waals surface area contributed by atoms with Gasteiger partial charge in [0.1, 0.15) is 0 Å². The Kier molecular flexibility index (Phi) is 5.28. The van der Waals surface area contributed by atoms with Crippen molar-refractivity contribution < 1.29 is 0 Å². The van der Waals surface area contributed by atoms with Gasteiger partial charge in [0, 0.05) is 0 Å². The highest BCUT2D eigenvalue weighted by Gasteiger charge is 2.18. The molecule has 0 atom stereocenters. The largest absolute Gasteiger partial charge is 0.0999 e. The van der Waals surface area contributed by atoms with Crippen LogP contribution in [0, 0.1) is 5.41 Å². The van der Waals surface area contributed by atoms with Gasteiger partial charge in [0.25, 0.3) is 0 Å². The molecule has 0 aromatic heterocycles. The fourth-order valence-electron chi connectivity index (χ4n) is 1.26. The SMILES string of the molecule is C=C(CC)CCC(C)(CC)CC. The highest BCUT2D eigenvalue weighted by atomic mass is 14.2. The minimum atomic E-state index is 0.554. The fraction of sp³-hybridized carbons (Fsp3) is 0.833. The second-order valence-electron chi connectivity index (χ2n) is 4.12. The Bertz CT molecular complexity index is 129. The number of hydrogen-bond donors (Lipinski definition) is 0. The Morgan fingerprint density at radius 1 is 1.17 bits per heavy atom. The molecule has 0 aliphatic rings. The van der Waals surface area contributed by atoms with Crippen LogP contribution >= 0.6 is 0 Å². The zero-order valence-electron chi connectivity index (χ0n) is 9.24. The third kappa shape index (κ3) is 3.94. The van der Waals surface area contributed by atoms with Crippen LogP contribution in [-0.2, 0) is 0 Å². The minimum Gasteiger partial charge on any atom is -0.0999 e. The molecule has 0 aromatic rings. The molecule has 0 fully saturated rings. The molecule has 0 amide bonds. The molecule has 0 bridgehead atoms. The van der Waals surface area contributed by atoms with Crippen molar-refractivity contribution in [3.8, 4) is 0 Å². The summed E-state index contributed by atoms with van der Waals surface area (Å²) < 4.78 is 0.